The van der Waals surface area contributed by atoms with Crippen molar-refractivity contribution in [1.82, 2.24) is 9.97 Å². The second-order valence-corrected chi connectivity index (χ2v) is 5.42. The number of carbonyl (C=O) groups is 1. The molecular weight excluding hydrogens is 294 g/mol. The molecule has 22 heavy (non-hydrogen) atoms. The third kappa shape index (κ3) is 3.45. The number of nitrogens with zero attached hydrogens (tertiary/aromatic N) is 2. The third-order valence-electron chi connectivity index (χ3n) is 2.96. The largest absolute Gasteiger partial charge is 0.322 e. The van der Waals surface area contributed by atoms with Crippen molar-refractivity contribution in [2.24, 2.45) is 0 Å². The summed E-state index contributed by atoms with van der Waals surface area (Å²) in [6.45, 7) is 0. The lowest BCUT2D eigenvalue weighted by Crippen LogP contribution is -2.08. The Balaban J connectivity index is 1.76. The molecule has 0 saturated heterocycles. The Labute approximate surface area is 132 Å². The number of hydrogen-bond donors (Lipinski definition) is 1. The number of benzene rings is 1. The van der Waals surface area contributed by atoms with Crippen LogP contribution in [0, 0.1) is 0 Å². The molecule has 0 aliphatic carbocycles. The maximum absolute atomic E-state index is 12.1. The van der Waals surface area contributed by atoms with Crippen molar-refractivity contribution in [2.75, 3.05) is 5.32 Å². The van der Waals surface area contributed by atoms with Gasteiger partial charge in [-0.1, -0.05) is 24.3 Å². The van der Waals surface area contributed by atoms with Crippen LogP contribution in [0.4, 0.5) is 5.69 Å². The van der Waals surface area contributed by atoms with Crippen LogP contribution in [0.2, 0.25) is 0 Å². The van der Waals surface area contributed by atoms with E-state index in [0.29, 0.717) is 5.69 Å². The molecule has 1 aromatic carbocycles. The Kier molecular flexibility index (Phi) is 4.36. The summed E-state index contributed by atoms with van der Waals surface area (Å²) in [4.78, 5) is 21.2. The monoisotopic (exact) mass is 307 g/mol. The fraction of sp³-hybridized carbons (Fsp3) is 0. The maximum atomic E-state index is 12.1. The predicted octanol–water partition coefficient (Wildman–Crippen LogP) is 3.86. The van der Waals surface area contributed by atoms with E-state index in [-0.39, 0.29) is 5.91 Å². The molecule has 3 aromatic rings. The molecule has 0 saturated carbocycles. The van der Waals surface area contributed by atoms with Crippen molar-refractivity contribution in [3.8, 4) is 10.4 Å². The highest BCUT2D eigenvalue weighted by atomic mass is 32.1. The number of amides is 1. The maximum Gasteiger partial charge on any atom is 0.248 e. The molecule has 0 bridgehead atoms. The van der Waals surface area contributed by atoms with E-state index in [1.165, 1.54) is 6.08 Å². The minimum absolute atomic E-state index is 0.199. The first kappa shape index (κ1) is 14.2. The molecule has 0 atom stereocenters. The van der Waals surface area contributed by atoms with Gasteiger partial charge in [0.15, 0.2) is 0 Å². The molecule has 0 radical (unpaired) electrons. The molecular formula is C17H13N3OS. The smallest absolute Gasteiger partial charge is 0.248 e. The molecule has 0 unspecified atom stereocenters. The number of para-hydroxylation sites is 1. The Morgan fingerprint density at radius 3 is 2.82 bits per heavy atom. The van der Waals surface area contributed by atoms with Crippen LogP contribution in [0.3, 0.4) is 0 Å². The minimum Gasteiger partial charge on any atom is -0.322 e. The quantitative estimate of drug-likeness (QED) is 0.745. The summed E-state index contributed by atoms with van der Waals surface area (Å²) in [5, 5.41) is 4.92. The molecule has 5 heteroatoms. The van der Waals surface area contributed by atoms with Crippen LogP contribution in [0.5, 0.6) is 0 Å². The fourth-order valence-corrected chi connectivity index (χ4v) is 2.74. The number of carbonyl (C=O) groups excluding carboxylic acids is 1. The molecule has 4 nitrogen and oxygen atoms in total. The average molecular weight is 307 g/mol. The highest BCUT2D eigenvalue weighted by Gasteiger charge is 2.07. The van der Waals surface area contributed by atoms with E-state index in [9.17, 15) is 4.79 Å². The van der Waals surface area contributed by atoms with Crippen LogP contribution in [0.25, 0.3) is 16.5 Å². The van der Waals surface area contributed by atoms with Gasteiger partial charge in [0.25, 0.3) is 0 Å². The lowest BCUT2D eigenvalue weighted by molar-refractivity contribution is -0.111. The zero-order valence-electron chi connectivity index (χ0n) is 11.6. The molecule has 0 fully saturated rings. The molecule has 3 rings (SSSR count). The van der Waals surface area contributed by atoms with Gasteiger partial charge in [0.1, 0.15) is 0 Å². The summed E-state index contributed by atoms with van der Waals surface area (Å²) in [5.41, 5.74) is 2.45. The van der Waals surface area contributed by atoms with Gasteiger partial charge in [0.05, 0.1) is 11.9 Å². The summed E-state index contributed by atoms with van der Waals surface area (Å²) in [5.74, 6) is -0.199. The molecule has 0 aliphatic heterocycles. The molecule has 1 N–H and O–H groups in total. The average Bonchev–Trinajstić information content (AvgIpc) is 3.09. The topological polar surface area (TPSA) is 54.9 Å². The lowest BCUT2D eigenvalue weighted by atomic mass is 10.1. The van der Waals surface area contributed by atoms with Gasteiger partial charge in [-0.25, -0.2) is 0 Å². The van der Waals surface area contributed by atoms with E-state index in [1.54, 1.807) is 36.0 Å². The number of thiophene rings is 1. The van der Waals surface area contributed by atoms with Crippen LogP contribution in [-0.2, 0) is 4.79 Å². The molecule has 2 heterocycles. The molecule has 108 valence electrons. The Bertz CT molecular complexity index is 783. The summed E-state index contributed by atoms with van der Waals surface area (Å²) < 4.78 is 0. The summed E-state index contributed by atoms with van der Waals surface area (Å²) >= 11 is 1.64. The van der Waals surface area contributed by atoms with Gasteiger partial charge in [-0.3, -0.25) is 14.8 Å². The highest BCUT2D eigenvalue weighted by molar-refractivity contribution is 7.13. The van der Waals surface area contributed by atoms with E-state index in [1.807, 2.05) is 41.8 Å². The third-order valence-corrected chi connectivity index (χ3v) is 3.86. The number of hydrogen-bond acceptors (Lipinski definition) is 4. The minimum atomic E-state index is -0.199. The van der Waals surface area contributed by atoms with Crippen molar-refractivity contribution in [3.63, 3.8) is 0 Å². The van der Waals surface area contributed by atoms with Gasteiger partial charge >= 0.3 is 0 Å². The van der Waals surface area contributed by atoms with Gasteiger partial charge in [-0.05, 0) is 23.6 Å². The molecule has 0 spiro atoms. The van der Waals surface area contributed by atoms with E-state index in [4.69, 9.17) is 0 Å². The van der Waals surface area contributed by atoms with Crippen LogP contribution in [0.15, 0.2) is 66.4 Å². The first-order valence-electron chi connectivity index (χ1n) is 6.71. The Morgan fingerprint density at radius 1 is 1.14 bits per heavy atom. The normalized spacial score (nSPS) is 10.7. The van der Waals surface area contributed by atoms with Crippen molar-refractivity contribution >= 4 is 29.0 Å². The van der Waals surface area contributed by atoms with Crippen LogP contribution in [0.1, 0.15) is 5.69 Å². The first-order valence-corrected chi connectivity index (χ1v) is 7.59. The molecule has 0 aliphatic rings. The SMILES string of the molecule is O=C(C=Cc1cnccn1)Nc1ccccc1-c1cccs1. The predicted molar refractivity (Wildman–Crippen MR) is 89.5 cm³/mol. The Hall–Kier alpha value is -2.79. The standard InChI is InChI=1S/C17H13N3OS/c21-17(8-7-13-12-18-9-10-19-13)20-15-5-2-1-4-14(15)16-6-3-11-22-16/h1-12H,(H,20,21). The van der Waals surface area contributed by atoms with Gasteiger partial charge < -0.3 is 5.32 Å². The van der Waals surface area contributed by atoms with Crippen LogP contribution in [-0.4, -0.2) is 15.9 Å². The highest BCUT2D eigenvalue weighted by Crippen LogP contribution is 2.31. The fourth-order valence-electron chi connectivity index (χ4n) is 1.97. The number of rotatable bonds is 4. The van der Waals surface area contributed by atoms with Crippen molar-refractivity contribution in [2.45, 2.75) is 0 Å². The van der Waals surface area contributed by atoms with Crippen molar-refractivity contribution in [3.05, 3.63) is 72.1 Å². The van der Waals surface area contributed by atoms with E-state index < -0.39 is 0 Å². The van der Waals surface area contributed by atoms with Gasteiger partial charge in [0, 0.05) is 34.6 Å². The number of nitrogens with one attached hydrogen (secondary N) is 1. The second-order valence-electron chi connectivity index (χ2n) is 4.48. The van der Waals surface area contributed by atoms with E-state index in [0.717, 1.165) is 16.1 Å². The zero-order chi connectivity index (χ0) is 15.2. The van der Waals surface area contributed by atoms with Crippen molar-refractivity contribution < 1.29 is 4.79 Å². The number of aromatic nitrogens is 2. The second kappa shape index (κ2) is 6.78. The summed E-state index contributed by atoms with van der Waals surface area (Å²) in [7, 11) is 0. The Morgan fingerprint density at radius 2 is 2.05 bits per heavy atom. The summed E-state index contributed by atoms with van der Waals surface area (Å²) in [6, 6.07) is 11.8. The van der Waals surface area contributed by atoms with Crippen LogP contribution < -0.4 is 5.32 Å². The van der Waals surface area contributed by atoms with Gasteiger partial charge in [-0.2, -0.15) is 0 Å². The molecule has 2 aromatic heterocycles. The lowest BCUT2D eigenvalue weighted by Gasteiger charge is -2.08. The van der Waals surface area contributed by atoms with Crippen LogP contribution >= 0.6 is 11.3 Å². The van der Waals surface area contributed by atoms with E-state index in [2.05, 4.69) is 15.3 Å². The van der Waals surface area contributed by atoms with Gasteiger partial charge in [-0.15, -0.1) is 11.3 Å². The van der Waals surface area contributed by atoms with Crippen molar-refractivity contribution in [1.29, 1.82) is 0 Å². The first-order chi connectivity index (χ1) is 10.8. The summed E-state index contributed by atoms with van der Waals surface area (Å²) in [6.07, 6.45) is 7.87. The number of anilines is 1. The van der Waals surface area contributed by atoms with E-state index >= 15 is 0 Å². The van der Waals surface area contributed by atoms with Gasteiger partial charge in [0.2, 0.25) is 5.91 Å². The molecule has 1 amide bonds. The zero-order valence-corrected chi connectivity index (χ0v) is 12.5.